The molecule has 1 amide bonds. The van der Waals surface area contributed by atoms with Gasteiger partial charge in [-0.2, -0.15) is 0 Å². The van der Waals surface area contributed by atoms with Crippen LogP contribution in [0.25, 0.3) is 0 Å². The highest BCUT2D eigenvalue weighted by Crippen LogP contribution is 2.34. The molecule has 1 aromatic rings. The molecule has 1 aromatic heterocycles. The molecule has 1 N–H and O–H groups in total. The first-order valence-electron chi connectivity index (χ1n) is 8.11. The second kappa shape index (κ2) is 5.97. The molecule has 5 heteroatoms. The molecule has 0 aliphatic carbocycles. The Morgan fingerprint density at radius 3 is 2.64 bits per heavy atom. The average molecular weight is 304 g/mol. The summed E-state index contributed by atoms with van der Waals surface area (Å²) in [4.78, 5) is 18.8. The summed E-state index contributed by atoms with van der Waals surface area (Å²) in [5.74, 6) is 0.0651. The second-order valence-electron chi connectivity index (χ2n) is 6.58. The maximum Gasteiger partial charge on any atom is 0.254 e. The Bertz CT molecular complexity index is 518. The van der Waals surface area contributed by atoms with Crippen LogP contribution in [0.5, 0.6) is 0 Å². The van der Waals surface area contributed by atoms with E-state index in [2.05, 4.69) is 4.98 Å². The van der Waals surface area contributed by atoms with Crippen molar-refractivity contribution in [2.75, 3.05) is 19.7 Å². The van der Waals surface area contributed by atoms with Crippen LogP contribution in [-0.4, -0.2) is 46.2 Å². The van der Waals surface area contributed by atoms with Gasteiger partial charge >= 0.3 is 0 Å². The highest BCUT2D eigenvalue weighted by molar-refractivity contribution is 5.85. The van der Waals surface area contributed by atoms with Crippen molar-refractivity contribution in [2.24, 2.45) is 0 Å². The zero-order chi connectivity index (χ0) is 15.6. The van der Waals surface area contributed by atoms with Gasteiger partial charge in [0.2, 0.25) is 0 Å². The summed E-state index contributed by atoms with van der Waals surface area (Å²) in [5, 5.41) is 10.8. The van der Waals surface area contributed by atoms with Crippen molar-refractivity contribution < 1.29 is 14.6 Å². The van der Waals surface area contributed by atoms with Gasteiger partial charge in [-0.05, 0) is 51.2 Å². The third kappa shape index (κ3) is 2.88. The maximum absolute atomic E-state index is 12.7. The number of rotatable bonds is 2. The van der Waals surface area contributed by atoms with E-state index in [4.69, 9.17) is 4.74 Å². The molecule has 0 radical (unpaired) electrons. The summed E-state index contributed by atoms with van der Waals surface area (Å²) < 4.78 is 5.75. The number of carbonyl (C=O) groups is 1. The first-order valence-corrected chi connectivity index (χ1v) is 8.11. The largest absolute Gasteiger partial charge is 0.383 e. The highest BCUT2D eigenvalue weighted by Gasteiger charge is 2.43. The van der Waals surface area contributed by atoms with E-state index in [0.29, 0.717) is 38.2 Å². The fourth-order valence-corrected chi connectivity index (χ4v) is 3.41. The Morgan fingerprint density at radius 1 is 1.27 bits per heavy atom. The quantitative estimate of drug-likeness (QED) is 0.906. The zero-order valence-corrected chi connectivity index (χ0v) is 13.1. The van der Waals surface area contributed by atoms with E-state index in [1.807, 2.05) is 30.0 Å². The molecule has 1 atom stereocenters. The van der Waals surface area contributed by atoms with Gasteiger partial charge in [-0.15, -0.1) is 0 Å². The molecule has 0 spiro atoms. The minimum Gasteiger partial charge on any atom is -0.383 e. The van der Waals surface area contributed by atoms with Crippen LogP contribution >= 0.6 is 0 Å². The summed E-state index contributed by atoms with van der Waals surface area (Å²) in [6.07, 6.45) is 5.59. The van der Waals surface area contributed by atoms with Gasteiger partial charge in [0, 0.05) is 25.9 Å². The maximum atomic E-state index is 12.7. The summed E-state index contributed by atoms with van der Waals surface area (Å²) in [7, 11) is 0. The number of pyridine rings is 1. The fraction of sp³-hybridized carbons (Fsp3) is 0.647. The predicted molar refractivity (Wildman–Crippen MR) is 82.2 cm³/mol. The summed E-state index contributed by atoms with van der Waals surface area (Å²) >= 11 is 0. The second-order valence-corrected chi connectivity index (χ2v) is 6.58. The number of hydrogen-bond acceptors (Lipinski definition) is 4. The number of aromatic nitrogens is 1. The molecule has 2 saturated heterocycles. The van der Waals surface area contributed by atoms with Gasteiger partial charge < -0.3 is 14.7 Å². The van der Waals surface area contributed by atoms with Crippen molar-refractivity contribution in [1.29, 1.82) is 0 Å². The van der Waals surface area contributed by atoms with Crippen molar-refractivity contribution in [1.82, 2.24) is 9.88 Å². The van der Waals surface area contributed by atoms with Crippen molar-refractivity contribution in [3.05, 3.63) is 30.1 Å². The molecule has 22 heavy (non-hydrogen) atoms. The average Bonchev–Trinajstić information content (AvgIpc) is 2.56. The van der Waals surface area contributed by atoms with Crippen LogP contribution in [0.15, 0.2) is 24.4 Å². The number of ether oxygens (including phenoxy) is 1. The van der Waals surface area contributed by atoms with Gasteiger partial charge in [0.05, 0.1) is 5.69 Å². The number of nitrogens with zero attached hydrogens (tertiary/aromatic N) is 2. The molecule has 0 bridgehead atoms. The minimum atomic E-state index is -0.924. The molecule has 2 fully saturated rings. The van der Waals surface area contributed by atoms with Crippen molar-refractivity contribution >= 4 is 5.91 Å². The number of hydrogen-bond donors (Lipinski definition) is 1. The molecule has 0 saturated carbocycles. The monoisotopic (exact) mass is 304 g/mol. The smallest absolute Gasteiger partial charge is 0.254 e. The van der Waals surface area contributed by atoms with Gasteiger partial charge in [-0.25, -0.2) is 0 Å². The van der Waals surface area contributed by atoms with Crippen molar-refractivity contribution in [3.63, 3.8) is 0 Å². The van der Waals surface area contributed by atoms with Crippen LogP contribution in [0.4, 0.5) is 0 Å². The normalized spacial score (nSPS) is 28.4. The molecular weight excluding hydrogens is 280 g/mol. The molecule has 2 aliphatic heterocycles. The van der Waals surface area contributed by atoms with Crippen LogP contribution in [0.1, 0.15) is 44.7 Å². The van der Waals surface area contributed by atoms with Crippen LogP contribution < -0.4 is 0 Å². The van der Waals surface area contributed by atoms with E-state index in [0.717, 1.165) is 19.3 Å². The van der Waals surface area contributed by atoms with Crippen molar-refractivity contribution in [3.8, 4) is 0 Å². The fourth-order valence-electron chi connectivity index (χ4n) is 3.41. The number of carbonyl (C=O) groups excluding carboxylic acids is 1. The molecule has 5 nitrogen and oxygen atoms in total. The van der Waals surface area contributed by atoms with Gasteiger partial charge in [-0.3, -0.25) is 9.78 Å². The molecule has 0 unspecified atom stereocenters. The lowest BCUT2D eigenvalue weighted by molar-refractivity contribution is -0.166. The van der Waals surface area contributed by atoms with Crippen LogP contribution in [0.2, 0.25) is 0 Å². The van der Waals surface area contributed by atoms with E-state index in [-0.39, 0.29) is 5.91 Å². The highest BCUT2D eigenvalue weighted by atomic mass is 16.5. The zero-order valence-electron chi connectivity index (χ0n) is 13.1. The SMILES string of the molecule is C[C@@]1(C(=O)N2CCC(O)(c3ccccn3)CC2)CCCCO1. The predicted octanol–water partition coefficient (Wildman–Crippen LogP) is 1.85. The Hall–Kier alpha value is -1.46. The number of likely N-dealkylation sites (tertiary alicyclic amines) is 1. The van der Waals surface area contributed by atoms with Crippen LogP contribution in [0.3, 0.4) is 0 Å². The third-order valence-corrected chi connectivity index (χ3v) is 4.94. The summed E-state index contributed by atoms with van der Waals surface area (Å²) in [5.41, 5.74) is -0.910. The molecular formula is C17H24N2O3. The lowest BCUT2D eigenvalue weighted by Crippen LogP contribution is -2.54. The van der Waals surface area contributed by atoms with E-state index in [1.165, 1.54) is 0 Å². The molecule has 2 aliphatic rings. The first-order chi connectivity index (χ1) is 10.5. The first kappa shape index (κ1) is 15.4. The van der Waals surface area contributed by atoms with Gasteiger partial charge in [0.1, 0.15) is 11.2 Å². The topological polar surface area (TPSA) is 62.7 Å². The van der Waals surface area contributed by atoms with Gasteiger partial charge in [0.15, 0.2) is 0 Å². The lowest BCUT2D eigenvalue weighted by atomic mass is 9.86. The summed E-state index contributed by atoms with van der Waals surface area (Å²) in [6.45, 7) is 3.65. The standard InChI is InChI=1S/C17H24N2O3/c1-16(7-3-5-13-22-16)15(20)19-11-8-17(21,9-12-19)14-6-2-4-10-18-14/h2,4,6,10,21H,3,5,7-9,11-13H2,1H3/t16-/m0/s1. The number of piperidine rings is 1. The molecule has 3 rings (SSSR count). The van der Waals surface area contributed by atoms with Crippen LogP contribution in [0, 0.1) is 0 Å². The Labute approximate surface area is 131 Å². The summed E-state index contributed by atoms with van der Waals surface area (Å²) in [6, 6.07) is 5.57. The third-order valence-electron chi connectivity index (χ3n) is 4.94. The lowest BCUT2D eigenvalue weighted by Gasteiger charge is -2.42. The van der Waals surface area contributed by atoms with E-state index in [9.17, 15) is 9.90 Å². The van der Waals surface area contributed by atoms with E-state index in [1.54, 1.807) is 6.20 Å². The number of aliphatic hydroxyl groups is 1. The Balaban J connectivity index is 1.65. The van der Waals surface area contributed by atoms with E-state index < -0.39 is 11.2 Å². The Morgan fingerprint density at radius 2 is 2.05 bits per heavy atom. The van der Waals surface area contributed by atoms with Crippen LogP contribution in [-0.2, 0) is 15.1 Å². The molecule has 0 aromatic carbocycles. The molecule has 3 heterocycles. The minimum absolute atomic E-state index is 0.0651. The number of amides is 1. The van der Waals surface area contributed by atoms with Crippen molar-refractivity contribution in [2.45, 2.75) is 50.2 Å². The Kier molecular flexibility index (Phi) is 4.19. The van der Waals surface area contributed by atoms with E-state index >= 15 is 0 Å². The van der Waals surface area contributed by atoms with Gasteiger partial charge in [0.25, 0.3) is 5.91 Å². The molecule has 120 valence electrons. The van der Waals surface area contributed by atoms with Gasteiger partial charge in [-0.1, -0.05) is 6.07 Å².